The van der Waals surface area contributed by atoms with Crippen LogP contribution in [-0.2, 0) is 11.3 Å². The molecule has 0 radical (unpaired) electrons. The normalized spacial score (nSPS) is 29.4. The van der Waals surface area contributed by atoms with Gasteiger partial charge in [0.15, 0.2) is 0 Å². The molecule has 1 heterocycles. The van der Waals surface area contributed by atoms with Crippen molar-refractivity contribution in [3.05, 3.63) is 18.5 Å². The third-order valence-electron chi connectivity index (χ3n) is 3.71. The van der Waals surface area contributed by atoms with Crippen molar-refractivity contribution in [3.63, 3.8) is 0 Å². The Hall–Kier alpha value is -0.870. The van der Waals surface area contributed by atoms with Gasteiger partial charge in [-0.2, -0.15) is 5.10 Å². The SMILES string of the molecule is CC1CCCC(CN)(OCCn2cccn2)C1. The van der Waals surface area contributed by atoms with E-state index in [9.17, 15) is 0 Å². The summed E-state index contributed by atoms with van der Waals surface area (Å²) in [5.74, 6) is 0.733. The van der Waals surface area contributed by atoms with E-state index in [2.05, 4.69) is 12.0 Å². The Morgan fingerprint density at radius 3 is 3.12 bits per heavy atom. The van der Waals surface area contributed by atoms with Crippen LogP contribution in [-0.4, -0.2) is 28.5 Å². The second-order valence-corrected chi connectivity index (χ2v) is 5.21. The highest BCUT2D eigenvalue weighted by molar-refractivity contribution is 4.88. The van der Waals surface area contributed by atoms with Crippen LogP contribution < -0.4 is 5.73 Å². The van der Waals surface area contributed by atoms with Gasteiger partial charge in [-0.3, -0.25) is 4.68 Å². The van der Waals surface area contributed by atoms with Crippen LogP contribution in [0, 0.1) is 5.92 Å². The fourth-order valence-electron chi connectivity index (χ4n) is 2.78. The van der Waals surface area contributed by atoms with Gasteiger partial charge in [0.25, 0.3) is 0 Å². The molecule has 0 bridgehead atoms. The van der Waals surface area contributed by atoms with Crippen LogP contribution in [0.1, 0.15) is 32.6 Å². The van der Waals surface area contributed by atoms with Crippen molar-refractivity contribution >= 4 is 0 Å². The summed E-state index contributed by atoms with van der Waals surface area (Å²) in [5.41, 5.74) is 5.83. The molecule has 0 aliphatic heterocycles. The van der Waals surface area contributed by atoms with Gasteiger partial charge >= 0.3 is 0 Å². The van der Waals surface area contributed by atoms with Gasteiger partial charge in [-0.25, -0.2) is 0 Å². The Bertz CT molecular complexity index is 325. The number of aromatic nitrogens is 2. The van der Waals surface area contributed by atoms with Gasteiger partial charge in [-0.1, -0.05) is 19.8 Å². The van der Waals surface area contributed by atoms with E-state index in [1.54, 1.807) is 6.20 Å². The lowest BCUT2D eigenvalue weighted by Crippen LogP contribution is -2.45. The van der Waals surface area contributed by atoms with E-state index in [0.717, 1.165) is 25.3 Å². The van der Waals surface area contributed by atoms with Gasteiger partial charge in [-0.15, -0.1) is 0 Å². The van der Waals surface area contributed by atoms with E-state index < -0.39 is 0 Å². The minimum Gasteiger partial charge on any atom is -0.372 e. The van der Waals surface area contributed by atoms with Crippen molar-refractivity contribution in [3.8, 4) is 0 Å². The van der Waals surface area contributed by atoms with Crippen LogP contribution in [0.25, 0.3) is 0 Å². The quantitative estimate of drug-likeness (QED) is 0.849. The van der Waals surface area contributed by atoms with Crippen LogP contribution >= 0.6 is 0 Å². The smallest absolute Gasteiger partial charge is 0.0807 e. The number of hydrogen-bond donors (Lipinski definition) is 1. The first-order chi connectivity index (χ1) is 8.24. The van der Waals surface area contributed by atoms with Crippen molar-refractivity contribution in [2.75, 3.05) is 13.2 Å². The van der Waals surface area contributed by atoms with Crippen molar-refractivity contribution < 1.29 is 4.74 Å². The molecule has 1 saturated carbocycles. The van der Waals surface area contributed by atoms with E-state index in [1.807, 2.05) is 16.9 Å². The molecule has 0 aromatic carbocycles. The van der Waals surface area contributed by atoms with Crippen molar-refractivity contribution in [2.24, 2.45) is 11.7 Å². The highest BCUT2D eigenvalue weighted by Gasteiger charge is 2.34. The Balaban J connectivity index is 1.82. The lowest BCUT2D eigenvalue weighted by atomic mass is 9.79. The highest BCUT2D eigenvalue weighted by atomic mass is 16.5. The summed E-state index contributed by atoms with van der Waals surface area (Å²) in [7, 11) is 0. The first kappa shape index (κ1) is 12.6. The molecule has 4 heteroatoms. The average molecular weight is 237 g/mol. The Kier molecular flexibility index (Phi) is 4.18. The maximum atomic E-state index is 6.08. The molecule has 96 valence electrons. The zero-order chi connectivity index (χ0) is 12.1. The third-order valence-corrected chi connectivity index (χ3v) is 3.71. The second kappa shape index (κ2) is 5.65. The van der Waals surface area contributed by atoms with Crippen molar-refractivity contribution in [1.29, 1.82) is 0 Å². The molecule has 1 aromatic rings. The molecule has 4 nitrogen and oxygen atoms in total. The molecular weight excluding hydrogens is 214 g/mol. The molecule has 0 saturated heterocycles. The first-order valence-corrected chi connectivity index (χ1v) is 6.55. The van der Waals surface area contributed by atoms with E-state index in [-0.39, 0.29) is 5.60 Å². The summed E-state index contributed by atoms with van der Waals surface area (Å²) in [6.07, 6.45) is 8.50. The molecule has 1 aliphatic carbocycles. The minimum absolute atomic E-state index is 0.0786. The van der Waals surface area contributed by atoms with Gasteiger partial charge in [0, 0.05) is 18.9 Å². The molecule has 1 aliphatic rings. The Labute approximate surface area is 103 Å². The zero-order valence-corrected chi connectivity index (χ0v) is 10.6. The van der Waals surface area contributed by atoms with Crippen LogP contribution in [0.2, 0.25) is 0 Å². The number of nitrogens with two attached hydrogens (primary N) is 1. The molecule has 0 spiro atoms. The fraction of sp³-hybridized carbons (Fsp3) is 0.769. The lowest BCUT2D eigenvalue weighted by molar-refractivity contribution is -0.0773. The molecule has 2 N–H and O–H groups in total. The molecular formula is C13H23N3O. The highest BCUT2D eigenvalue weighted by Crippen LogP contribution is 2.34. The third kappa shape index (κ3) is 3.30. The average Bonchev–Trinajstić information content (AvgIpc) is 2.82. The molecule has 2 unspecified atom stereocenters. The molecule has 2 atom stereocenters. The van der Waals surface area contributed by atoms with Gasteiger partial charge < -0.3 is 10.5 Å². The molecule has 0 amide bonds. The predicted octanol–water partition coefficient (Wildman–Crippen LogP) is 1.81. The van der Waals surface area contributed by atoms with Gasteiger partial charge in [0.2, 0.25) is 0 Å². The van der Waals surface area contributed by atoms with E-state index >= 15 is 0 Å². The fourth-order valence-corrected chi connectivity index (χ4v) is 2.78. The molecule has 1 aromatic heterocycles. The van der Waals surface area contributed by atoms with Crippen LogP contribution in [0.5, 0.6) is 0 Å². The van der Waals surface area contributed by atoms with Gasteiger partial charge in [0.05, 0.1) is 18.8 Å². The van der Waals surface area contributed by atoms with Gasteiger partial charge in [-0.05, 0) is 24.8 Å². The molecule has 2 rings (SSSR count). The topological polar surface area (TPSA) is 53.1 Å². The first-order valence-electron chi connectivity index (χ1n) is 6.55. The second-order valence-electron chi connectivity index (χ2n) is 5.21. The predicted molar refractivity (Wildman–Crippen MR) is 67.6 cm³/mol. The van der Waals surface area contributed by atoms with E-state index in [1.165, 1.54) is 12.8 Å². The maximum absolute atomic E-state index is 6.08. The summed E-state index contributed by atoms with van der Waals surface area (Å²) < 4.78 is 7.98. The summed E-state index contributed by atoms with van der Waals surface area (Å²) in [5, 5.41) is 4.17. The maximum Gasteiger partial charge on any atom is 0.0807 e. The van der Waals surface area contributed by atoms with Crippen LogP contribution in [0.4, 0.5) is 0 Å². The minimum atomic E-state index is -0.0786. The summed E-state index contributed by atoms with van der Waals surface area (Å²) in [4.78, 5) is 0. The largest absolute Gasteiger partial charge is 0.372 e. The summed E-state index contributed by atoms with van der Waals surface area (Å²) >= 11 is 0. The Morgan fingerprint density at radius 2 is 2.47 bits per heavy atom. The number of ether oxygens (including phenoxy) is 1. The summed E-state index contributed by atoms with van der Waals surface area (Å²) in [6, 6.07) is 1.93. The van der Waals surface area contributed by atoms with Crippen LogP contribution in [0.3, 0.4) is 0 Å². The standard InChI is InChI=1S/C13H23N3O/c1-12-4-2-5-13(10-12,11-14)17-9-8-16-7-3-6-15-16/h3,6-7,12H,2,4-5,8-11,14H2,1H3. The number of nitrogens with zero attached hydrogens (tertiary/aromatic N) is 2. The van der Waals surface area contributed by atoms with Crippen molar-refractivity contribution in [2.45, 2.75) is 44.8 Å². The van der Waals surface area contributed by atoms with Crippen LogP contribution in [0.15, 0.2) is 18.5 Å². The monoisotopic (exact) mass is 237 g/mol. The number of hydrogen-bond acceptors (Lipinski definition) is 3. The van der Waals surface area contributed by atoms with E-state index in [4.69, 9.17) is 10.5 Å². The summed E-state index contributed by atoms with van der Waals surface area (Å²) in [6.45, 7) is 4.44. The van der Waals surface area contributed by atoms with E-state index in [0.29, 0.717) is 13.2 Å². The Morgan fingerprint density at radius 1 is 1.59 bits per heavy atom. The number of rotatable bonds is 5. The van der Waals surface area contributed by atoms with Crippen molar-refractivity contribution in [1.82, 2.24) is 9.78 Å². The molecule has 1 fully saturated rings. The zero-order valence-electron chi connectivity index (χ0n) is 10.6. The molecule has 17 heavy (non-hydrogen) atoms. The van der Waals surface area contributed by atoms with Gasteiger partial charge in [0.1, 0.15) is 0 Å². The lowest BCUT2D eigenvalue weighted by Gasteiger charge is -2.39.